The molecule has 0 amide bonds. The van der Waals surface area contributed by atoms with E-state index >= 15 is 0 Å². The van der Waals surface area contributed by atoms with Crippen molar-refractivity contribution in [3.05, 3.63) is 0 Å². The van der Waals surface area contributed by atoms with Crippen LogP contribution in [0.2, 0.25) is 0 Å². The van der Waals surface area contributed by atoms with Crippen molar-refractivity contribution in [1.29, 1.82) is 0 Å². The summed E-state index contributed by atoms with van der Waals surface area (Å²) in [6.45, 7) is 2.45. The average Bonchev–Trinajstić information content (AvgIpc) is 2.55. The molecule has 11 heavy (non-hydrogen) atoms. The van der Waals surface area contributed by atoms with Crippen LogP contribution in [0.4, 0.5) is 0 Å². The molecule has 2 atom stereocenters. The number of nitrogens with zero attached hydrogens (tertiary/aromatic N) is 1. The number of hydrogen-bond acceptors (Lipinski definition) is 2. The first-order chi connectivity index (χ1) is 5.38. The zero-order valence-electron chi connectivity index (χ0n) is 7.00. The predicted molar refractivity (Wildman–Crippen MR) is 44.5 cm³/mol. The first-order valence-electron chi connectivity index (χ1n) is 4.80. The third-order valence-electron chi connectivity index (χ3n) is 3.05. The zero-order chi connectivity index (χ0) is 7.68. The Labute approximate surface area is 68.2 Å². The Hall–Kier alpha value is -0.0800. The lowest BCUT2D eigenvalue weighted by Crippen LogP contribution is -2.38. The lowest BCUT2D eigenvalue weighted by atomic mass is 10.2. The maximum Gasteiger partial charge on any atom is 0.0695 e. The summed E-state index contributed by atoms with van der Waals surface area (Å²) < 4.78 is 0. The predicted octanol–water partition coefficient (Wildman–Crippen LogP) is 0.996. The molecule has 64 valence electrons. The molecule has 2 fully saturated rings. The summed E-state index contributed by atoms with van der Waals surface area (Å²) >= 11 is 0. The molecule has 1 aliphatic heterocycles. The van der Waals surface area contributed by atoms with Crippen molar-refractivity contribution in [2.75, 3.05) is 13.1 Å². The topological polar surface area (TPSA) is 23.5 Å². The molecule has 1 heterocycles. The van der Waals surface area contributed by atoms with E-state index in [9.17, 15) is 5.11 Å². The van der Waals surface area contributed by atoms with E-state index in [1.54, 1.807) is 0 Å². The molecule has 0 aromatic heterocycles. The summed E-state index contributed by atoms with van der Waals surface area (Å²) in [7, 11) is 0. The Balaban J connectivity index is 1.92. The van der Waals surface area contributed by atoms with Crippen LogP contribution in [0.3, 0.4) is 0 Å². The molecule has 1 saturated heterocycles. The van der Waals surface area contributed by atoms with Crippen molar-refractivity contribution in [2.24, 2.45) is 0 Å². The minimum absolute atomic E-state index is 0.0203. The Bertz CT molecular complexity index is 132. The highest BCUT2D eigenvalue weighted by atomic mass is 16.3. The third kappa shape index (κ3) is 1.42. The van der Waals surface area contributed by atoms with Crippen LogP contribution in [0.25, 0.3) is 0 Å². The van der Waals surface area contributed by atoms with Gasteiger partial charge in [0.1, 0.15) is 0 Å². The summed E-state index contributed by atoms with van der Waals surface area (Å²) in [6, 6.07) is 0.512. The van der Waals surface area contributed by atoms with Crippen LogP contribution in [0.5, 0.6) is 0 Å². The molecule has 0 aromatic carbocycles. The van der Waals surface area contributed by atoms with Gasteiger partial charge in [-0.25, -0.2) is 0 Å². The van der Waals surface area contributed by atoms with Crippen LogP contribution in [0.1, 0.15) is 32.1 Å². The molecule has 2 nitrogen and oxygen atoms in total. The zero-order valence-corrected chi connectivity index (χ0v) is 7.00. The monoisotopic (exact) mass is 155 g/mol. The molecule has 2 unspecified atom stereocenters. The van der Waals surface area contributed by atoms with E-state index in [2.05, 4.69) is 4.90 Å². The average molecular weight is 155 g/mol. The molecule has 1 saturated carbocycles. The van der Waals surface area contributed by atoms with Crippen molar-refractivity contribution in [2.45, 2.75) is 44.2 Å². The lowest BCUT2D eigenvalue weighted by molar-refractivity contribution is 0.0853. The van der Waals surface area contributed by atoms with Crippen molar-refractivity contribution in [3.8, 4) is 0 Å². The van der Waals surface area contributed by atoms with Gasteiger partial charge in [0.05, 0.1) is 6.10 Å². The number of rotatable bonds is 1. The highest BCUT2D eigenvalue weighted by molar-refractivity contribution is 4.86. The van der Waals surface area contributed by atoms with Gasteiger partial charge in [-0.2, -0.15) is 0 Å². The Morgan fingerprint density at radius 3 is 2.27 bits per heavy atom. The second-order valence-electron chi connectivity index (χ2n) is 3.81. The van der Waals surface area contributed by atoms with E-state index in [0.717, 1.165) is 6.42 Å². The second kappa shape index (κ2) is 3.11. The lowest BCUT2D eigenvalue weighted by Gasteiger charge is -2.25. The maximum absolute atomic E-state index is 9.61. The van der Waals surface area contributed by atoms with Gasteiger partial charge in [0.15, 0.2) is 0 Å². The molecular weight excluding hydrogens is 138 g/mol. The van der Waals surface area contributed by atoms with Gasteiger partial charge in [-0.1, -0.05) is 0 Å². The first-order valence-corrected chi connectivity index (χ1v) is 4.80. The maximum atomic E-state index is 9.61. The summed E-state index contributed by atoms with van der Waals surface area (Å²) in [6.07, 6.45) is 6.13. The molecule has 1 N–H and O–H groups in total. The molecule has 0 bridgehead atoms. The van der Waals surface area contributed by atoms with Crippen LogP contribution >= 0.6 is 0 Å². The van der Waals surface area contributed by atoms with Crippen molar-refractivity contribution in [3.63, 3.8) is 0 Å². The number of likely N-dealkylation sites (tertiary alicyclic amines) is 1. The van der Waals surface area contributed by atoms with Gasteiger partial charge >= 0.3 is 0 Å². The Kier molecular flexibility index (Phi) is 2.14. The van der Waals surface area contributed by atoms with Gasteiger partial charge in [0.25, 0.3) is 0 Å². The van der Waals surface area contributed by atoms with Crippen molar-refractivity contribution in [1.82, 2.24) is 4.90 Å². The fourth-order valence-corrected chi connectivity index (χ4v) is 2.42. The van der Waals surface area contributed by atoms with Gasteiger partial charge < -0.3 is 5.11 Å². The smallest absolute Gasteiger partial charge is 0.0695 e. The fraction of sp³-hybridized carbons (Fsp3) is 1.00. The standard InChI is InChI=1S/C9H17NO/c11-9-5-3-4-8(9)10-6-1-2-7-10/h8-9,11H,1-7H2. The molecule has 1 aliphatic carbocycles. The van der Waals surface area contributed by atoms with E-state index in [-0.39, 0.29) is 6.10 Å². The molecule has 2 heteroatoms. The summed E-state index contributed by atoms with van der Waals surface area (Å²) in [5.41, 5.74) is 0. The highest BCUT2D eigenvalue weighted by Crippen LogP contribution is 2.26. The van der Waals surface area contributed by atoms with Crippen LogP contribution < -0.4 is 0 Å². The van der Waals surface area contributed by atoms with Gasteiger partial charge in [0.2, 0.25) is 0 Å². The second-order valence-corrected chi connectivity index (χ2v) is 3.81. The molecule has 2 aliphatic rings. The molecule has 0 aromatic rings. The Morgan fingerprint density at radius 2 is 1.73 bits per heavy atom. The van der Waals surface area contributed by atoms with Gasteiger partial charge in [0, 0.05) is 6.04 Å². The minimum atomic E-state index is -0.0203. The third-order valence-corrected chi connectivity index (χ3v) is 3.05. The van der Waals surface area contributed by atoms with Crippen LogP contribution in [-0.4, -0.2) is 35.2 Å². The van der Waals surface area contributed by atoms with Crippen LogP contribution in [0.15, 0.2) is 0 Å². The molecular formula is C9H17NO. The largest absolute Gasteiger partial charge is 0.391 e. The molecule has 2 rings (SSSR count). The number of aliphatic hydroxyl groups is 1. The fourth-order valence-electron chi connectivity index (χ4n) is 2.42. The van der Waals surface area contributed by atoms with Crippen LogP contribution in [-0.2, 0) is 0 Å². The summed E-state index contributed by atoms with van der Waals surface area (Å²) in [5, 5.41) is 9.61. The molecule has 0 spiro atoms. The summed E-state index contributed by atoms with van der Waals surface area (Å²) in [5.74, 6) is 0. The Morgan fingerprint density at radius 1 is 1.00 bits per heavy atom. The van der Waals surface area contributed by atoms with Gasteiger partial charge in [-0.15, -0.1) is 0 Å². The minimum Gasteiger partial charge on any atom is -0.391 e. The normalized spacial score (nSPS) is 40.1. The first kappa shape index (κ1) is 7.56. The van der Waals surface area contributed by atoms with Crippen molar-refractivity contribution >= 4 is 0 Å². The number of hydrogen-bond donors (Lipinski definition) is 1. The highest BCUT2D eigenvalue weighted by Gasteiger charge is 2.31. The number of aliphatic hydroxyl groups excluding tert-OH is 1. The van der Waals surface area contributed by atoms with Crippen LogP contribution in [0, 0.1) is 0 Å². The van der Waals surface area contributed by atoms with E-state index in [4.69, 9.17) is 0 Å². The van der Waals surface area contributed by atoms with Gasteiger partial charge in [-0.3, -0.25) is 4.90 Å². The van der Waals surface area contributed by atoms with E-state index < -0.39 is 0 Å². The summed E-state index contributed by atoms with van der Waals surface area (Å²) in [4.78, 5) is 2.47. The molecule has 0 radical (unpaired) electrons. The van der Waals surface area contributed by atoms with E-state index in [1.165, 1.54) is 38.8 Å². The van der Waals surface area contributed by atoms with E-state index in [1.807, 2.05) is 0 Å². The van der Waals surface area contributed by atoms with Crippen molar-refractivity contribution < 1.29 is 5.11 Å². The van der Waals surface area contributed by atoms with Gasteiger partial charge in [-0.05, 0) is 45.2 Å². The quantitative estimate of drug-likeness (QED) is 0.610. The SMILES string of the molecule is OC1CCCC1N1CCCC1. The van der Waals surface area contributed by atoms with E-state index in [0.29, 0.717) is 6.04 Å².